The Morgan fingerprint density at radius 2 is 1.88 bits per heavy atom. The molecule has 1 aliphatic carbocycles. The lowest BCUT2D eigenvalue weighted by Gasteiger charge is -2.34. The van der Waals surface area contributed by atoms with Gasteiger partial charge in [0.2, 0.25) is 4.80 Å². The van der Waals surface area contributed by atoms with Gasteiger partial charge in [0.05, 0.1) is 31.8 Å². The van der Waals surface area contributed by atoms with Crippen LogP contribution in [0, 0.1) is 11.3 Å². The highest BCUT2D eigenvalue weighted by atomic mass is 32.1. The minimum absolute atomic E-state index is 0.334. The highest BCUT2D eigenvalue weighted by Gasteiger charge is 2.28. The van der Waals surface area contributed by atoms with Gasteiger partial charge in [-0.05, 0) is 67.3 Å². The Kier molecular flexibility index (Phi) is 6.98. The maximum atomic E-state index is 5.67. The van der Waals surface area contributed by atoms with Crippen molar-refractivity contribution in [3.8, 4) is 22.8 Å². The molecule has 0 bridgehead atoms. The van der Waals surface area contributed by atoms with E-state index < -0.39 is 0 Å². The molecule has 0 aliphatic heterocycles. The third-order valence-electron chi connectivity index (χ3n) is 6.27. The van der Waals surface area contributed by atoms with Crippen LogP contribution in [-0.4, -0.2) is 29.6 Å². The summed E-state index contributed by atoms with van der Waals surface area (Å²) >= 11 is 1.56. The van der Waals surface area contributed by atoms with Crippen LogP contribution < -0.4 is 14.3 Å². The summed E-state index contributed by atoms with van der Waals surface area (Å²) in [5.74, 6) is 2.26. The third-order valence-corrected chi connectivity index (χ3v) is 7.08. The van der Waals surface area contributed by atoms with E-state index in [1.54, 1.807) is 38.0 Å². The molecule has 1 fully saturated rings. The minimum Gasteiger partial charge on any atom is -0.497 e. The zero-order chi connectivity index (χ0) is 23.4. The van der Waals surface area contributed by atoms with Crippen LogP contribution >= 0.6 is 11.3 Å². The molecule has 6 nitrogen and oxygen atoms in total. The minimum atomic E-state index is 0.334. The van der Waals surface area contributed by atoms with Crippen molar-refractivity contribution in [2.45, 2.75) is 46.5 Å². The number of methoxy groups -OCH3 is 2. The lowest BCUT2D eigenvalue weighted by Crippen LogP contribution is -2.26. The van der Waals surface area contributed by atoms with Crippen molar-refractivity contribution in [3.05, 3.63) is 52.9 Å². The van der Waals surface area contributed by atoms with Crippen molar-refractivity contribution in [1.29, 1.82) is 0 Å². The first-order valence-electron chi connectivity index (χ1n) is 11.3. The Hall–Kier alpha value is -2.93. The Morgan fingerprint density at radius 3 is 2.52 bits per heavy atom. The first-order valence-corrected chi connectivity index (χ1v) is 12.2. The van der Waals surface area contributed by atoms with Crippen LogP contribution in [-0.2, 0) is 0 Å². The summed E-state index contributed by atoms with van der Waals surface area (Å²) in [5, 5.41) is 7.21. The van der Waals surface area contributed by atoms with Gasteiger partial charge in [0.25, 0.3) is 0 Å². The van der Waals surface area contributed by atoms with E-state index in [0.29, 0.717) is 5.41 Å². The molecule has 0 N–H and O–H groups in total. The number of thiazole rings is 1. The summed E-state index contributed by atoms with van der Waals surface area (Å²) in [6.45, 7) is 7.02. The Bertz CT molecular complexity index is 1180. The van der Waals surface area contributed by atoms with E-state index in [-0.39, 0.29) is 0 Å². The van der Waals surface area contributed by atoms with E-state index in [1.807, 2.05) is 35.0 Å². The molecule has 0 saturated heterocycles. The smallest absolute Gasteiger partial charge is 0.211 e. The van der Waals surface area contributed by atoms with Gasteiger partial charge in [0.15, 0.2) is 0 Å². The summed E-state index contributed by atoms with van der Waals surface area (Å²) in [5.41, 5.74) is 4.21. The molecule has 7 heteroatoms. The molecule has 0 radical (unpaired) electrons. The van der Waals surface area contributed by atoms with Crippen molar-refractivity contribution in [2.75, 3.05) is 14.2 Å². The normalized spacial score (nSPS) is 17.2. The second kappa shape index (κ2) is 9.91. The number of nitrogens with zero attached hydrogens (tertiary/aromatic N) is 4. The molecule has 2 aromatic heterocycles. The number of benzene rings is 1. The van der Waals surface area contributed by atoms with Crippen molar-refractivity contribution in [3.63, 3.8) is 0 Å². The van der Waals surface area contributed by atoms with Crippen LogP contribution in [0.2, 0.25) is 0 Å². The summed E-state index contributed by atoms with van der Waals surface area (Å²) < 4.78 is 13.1. The lowest BCUT2D eigenvalue weighted by atomic mass is 9.72. The van der Waals surface area contributed by atoms with Crippen LogP contribution in [0.4, 0.5) is 5.69 Å². The standard InChI is InChI=1S/C26H32N4O2S/c1-26(2,3)18-8-10-19(11-9-18)29-30-23(22-15-21(31-4)12-13-24(22)32-5)17-33-25(30)28-20-7-6-14-27-16-20/h6-7,12-18H,8-11H2,1-5H3. The van der Waals surface area contributed by atoms with E-state index in [4.69, 9.17) is 19.6 Å². The second-order valence-electron chi connectivity index (χ2n) is 9.41. The predicted molar refractivity (Wildman–Crippen MR) is 135 cm³/mol. The topological polar surface area (TPSA) is 61.0 Å². The largest absolute Gasteiger partial charge is 0.497 e. The van der Waals surface area contributed by atoms with E-state index >= 15 is 0 Å². The van der Waals surface area contributed by atoms with Gasteiger partial charge in [0, 0.05) is 22.9 Å². The predicted octanol–water partition coefficient (Wildman–Crippen LogP) is 6.30. The molecule has 0 amide bonds. The monoisotopic (exact) mass is 464 g/mol. The summed E-state index contributed by atoms with van der Waals surface area (Å²) in [6.07, 6.45) is 7.86. The van der Waals surface area contributed by atoms with E-state index in [0.717, 1.165) is 52.0 Å². The van der Waals surface area contributed by atoms with Gasteiger partial charge < -0.3 is 9.47 Å². The fraction of sp³-hybridized carbons (Fsp3) is 0.423. The molecule has 4 rings (SSSR count). The van der Waals surface area contributed by atoms with Crippen molar-refractivity contribution in [1.82, 2.24) is 9.66 Å². The maximum Gasteiger partial charge on any atom is 0.211 e. The maximum absolute atomic E-state index is 5.67. The van der Waals surface area contributed by atoms with Crippen LogP contribution in [0.5, 0.6) is 11.5 Å². The van der Waals surface area contributed by atoms with Crippen LogP contribution in [0.3, 0.4) is 0 Å². The fourth-order valence-corrected chi connectivity index (χ4v) is 5.10. The quantitative estimate of drug-likeness (QED) is 0.445. The number of hydrogen-bond acceptors (Lipinski definition) is 6. The van der Waals surface area contributed by atoms with Crippen molar-refractivity contribution < 1.29 is 9.47 Å². The molecule has 0 unspecified atom stereocenters. The van der Waals surface area contributed by atoms with Gasteiger partial charge in [-0.25, -0.2) is 9.67 Å². The Labute approximate surface area is 199 Å². The molecule has 1 aliphatic rings. The number of ether oxygens (including phenoxy) is 2. The van der Waals surface area contributed by atoms with Gasteiger partial charge in [-0.3, -0.25) is 4.98 Å². The Balaban J connectivity index is 1.81. The molecule has 0 spiro atoms. The first kappa shape index (κ1) is 23.2. The molecule has 2 heterocycles. The van der Waals surface area contributed by atoms with E-state index in [2.05, 4.69) is 31.1 Å². The van der Waals surface area contributed by atoms with Gasteiger partial charge in [-0.15, -0.1) is 11.3 Å². The average Bonchev–Trinajstić information content (AvgIpc) is 3.20. The molecular formula is C26H32N4O2S. The molecule has 3 aromatic rings. The van der Waals surface area contributed by atoms with Gasteiger partial charge in [-0.2, -0.15) is 5.10 Å². The SMILES string of the molecule is COc1ccc(OC)c(-c2csc(=Nc3cccnc3)n2N=C2CCC(C(C)(C)C)CC2)c1. The summed E-state index contributed by atoms with van der Waals surface area (Å²) in [6, 6.07) is 9.66. The molecule has 1 aromatic carbocycles. The lowest BCUT2D eigenvalue weighted by molar-refractivity contribution is 0.208. The van der Waals surface area contributed by atoms with Crippen LogP contribution in [0.15, 0.2) is 58.2 Å². The number of rotatable bonds is 5. The number of pyridine rings is 1. The molecular weight excluding hydrogens is 432 g/mol. The highest BCUT2D eigenvalue weighted by Crippen LogP contribution is 2.38. The number of aromatic nitrogens is 2. The third kappa shape index (κ3) is 5.36. The molecule has 0 atom stereocenters. The Morgan fingerprint density at radius 1 is 1.09 bits per heavy atom. The zero-order valence-electron chi connectivity index (χ0n) is 20.0. The fourth-order valence-electron chi connectivity index (χ4n) is 4.26. The van der Waals surface area contributed by atoms with Gasteiger partial charge >= 0.3 is 0 Å². The van der Waals surface area contributed by atoms with E-state index in [9.17, 15) is 0 Å². The second-order valence-corrected chi connectivity index (χ2v) is 10.2. The van der Waals surface area contributed by atoms with E-state index in [1.165, 1.54) is 18.6 Å². The first-order chi connectivity index (χ1) is 15.9. The molecule has 1 saturated carbocycles. The highest BCUT2D eigenvalue weighted by molar-refractivity contribution is 7.07. The van der Waals surface area contributed by atoms with Crippen LogP contribution in [0.1, 0.15) is 46.5 Å². The van der Waals surface area contributed by atoms with Gasteiger partial charge in [-0.1, -0.05) is 20.8 Å². The van der Waals surface area contributed by atoms with Crippen LogP contribution in [0.25, 0.3) is 11.3 Å². The summed E-state index contributed by atoms with van der Waals surface area (Å²) in [4.78, 5) is 9.85. The van der Waals surface area contributed by atoms with Gasteiger partial charge in [0.1, 0.15) is 11.5 Å². The molecule has 33 heavy (non-hydrogen) atoms. The average molecular weight is 465 g/mol. The van der Waals surface area contributed by atoms with Crippen molar-refractivity contribution >= 4 is 22.7 Å². The van der Waals surface area contributed by atoms with Crippen molar-refractivity contribution in [2.24, 2.45) is 21.4 Å². The zero-order valence-corrected chi connectivity index (χ0v) is 20.9. The number of hydrogen-bond donors (Lipinski definition) is 0. The summed E-state index contributed by atoms with van der Waals surface area (Å²) in [7, 11) is 3.35. The molecule has 174 valence electrons.